The summed E-state index contributed by atoms with van der Waals surface area (Å²) in [6.45, 7) is 5.14. The molecule has 3 rings (SSSR count). The Morgan fingerprint density at radius 2 is 2.21 bits per heavy atom. The summed E-state index contributed by atoms with van der Waals surface area (Å²) in [7, 11) is 1.90. The predicted octanol–water partition coefficient (Wildman–Crippen LogP) is 1.63. The monoisotopic (exact) mass is 347 g/mol. The van der Waals surface area contributed by atoms with Crippen LogP contribution >= 0.6 is 11.8 Å². The van der Waals surface area contributed by atoms with E-state index in [4.69, 9.17) is 4.74 Å². The topological polar surface area (TPSA) is 72.3 Å². The molecule has 2 aromatic rings. The SMILES string of the molecule is CCN1CCO[C@@H](C(=O)Nc2ccc(Sc3nncn3C)cc2)C1. The maximum atomic E-state index is 12.3. The van der Waals surface area contributed by atoms with Gasteiger partial charge in [-0.15, -0.1) is 10.2 Å². The summed E-state index contributed by atoms with van der Waals surface area (Å²) >= 11 is 1.53. The highest BCUT2D eigenvalue weighted by Gasteiger charge is 2.25. The van der Waals surface area contributed by atoms with Crippen LogP contribution in [0.4, 0.5) is 5.69 Å². The standard InChI is InChI=1S/C16H21N5O2S/c1-3-21-8-9-23-14(10-21)15(22)18-12-4-6-13(7-5-12)24-16-19-17-11-20(16)2/h4-7,11,14H,3,8-10H2,1-2H3,(H,18,22)/t14-/m1/s1. The minimum Gasteiger partial charge on any atom is -0.366 e. The molecule has 1 atom stereocenters. The number of ether oxygens (including phenoxy) is 1. The molecule has 0 unspecified atom stereocenters. The summed E-state index contributed by atoms with van der Waals surface area (Å²) in [5.74, 6) is -0.0955. The van der Waals surface area contributed by atoms with Crippen molar-refractivity contribution in [1.29, 1.82) is 0 Å². The van der Waals surface area contributed by atoms with Gasteiger partial charge in [-0.3, -0.25) is 9.69 Å². The van der Waals surface area contributed by atoms with Gasteiger partial charge in [0.2, 0.25) is 0 Å². The van der Waals surface area contributed by atoms with Gasteiger partial charge >= 0.3 is 0 Å². The molecule has 0 saturated carbocycles. The number of anilines is 1. The Bertz CT molecular complexity index is 688. The van der Waals surface area contributed by atoms with Gasteiger partial charge < -0.3 is 14.6 Å². The molecule has 2 heterocycles. The number of likely N-dealkylation sites (N-methyl/N-ethyl adjacent to an activating group) is 1. The lowest BCUT2D eigenvalue weighted by Gasteiger charge is -2.31. The zero-order chi connectivity index (χ0) is 16.9. The van der Waals surface area contributed by atoms with Gasteiger partial charge in [-0.2, -0.15) is 0 Å². The van der Waals surface area contributed by atoms with Crippen LogP contribution in [-0.4, -0.2) is 57.9 Å². The van der Waals surface area contributed by atoms with Crippen LogP contribution in [0.5, 0.6) is 0 Å². The molecule has 0 bridgehead atoms. The number of morpholine rings is 1. The molecule has 1 N–H and O–H groups in total. The van der Waals surface area contributed by atoms with Crippen molar-refractivity contribution in [1.82, 2.24) is 19.7 Å². The van der Waals surface area contributed by atoms with E-state index < -0.39 is 6.10 Å². The van der Waals surface area contributed by atoms with Crippen molar-refractivity contribution in [3.8, 4) is 0 Å². The highest BCUT2D eigenvalue weighted by molar-refractivity contribution is 7.99. The van der Waals surface area contributed by atoms with E-state index in [1.807, 2.05) is 35.9 Å². The fourth-order valence-electron chi connectivity index (χ4n) is 2.45. The molecule has 1 fully saturated rings. The summed E-state index contributed by atoms with van der Waals surface area (Å²) in [5.41, 5.74) is 0.763. The van der Waals surface area contributed by atoms with E-state index in [0.717, 1.165) is 28.8 Å². The van der Waals surface area contributed by atoms with Crippen LogP contribution in [0.15, 0.2) is 40.6 Å². The lowest BCUT2D eigenvalue weighted by Crippen LogP contribution is -2.47. The summed E-state index contributed by atoms with van der Waals surface area (Å²) in [6.07, 6.45) is 1.26. The fraction of sp³-hybridized carbons (Fsp3) is 0.438. The molecule has 1 aromatic carbocycles. The van der Waals surface area contributed by atoms with Gasteiger partial charge in [-0.05, 0) is 42.6 Å². The Morgan fingerprint density at radius 3 is 2.88 bits per heavy atom. The number of nitrogens with zero attached hydrogens (tertiary/aromatic N) is 4. The Labute approximate surface area is 145 Å². The fourth-order valence-corrected chi connectivity index (χ4v) is 3.21. The zero-order valence-electron chi connectivity index (χ0n) is 13.8. The van der Waals surface area contributed by atoms with Gasteiger partial charge in [0.1, 0.15) is 12.4 Å². The van der Waals surface area contributed by atoms with Crippen LogP contribution in [-0.2, 0) is 16.6 Å². The molecule has 1 aliphatic heterocycles. The summed E-state index contributed by atoms with van der Waals surface area (Å²) < 4.78 is 7.44. The number of benzene rings is 1. The third kappa shape index (κ3) is 4.14. The molecule has 0 radical (unpaired) electrons. The maximum Gasteiger partial charge on any atom is 0.254 e. The second-order valence-electron chi connectivity index (χ2n) is 5.59. The number of amides is 1. The number of carbonyl (C=O) groups is 1. The zero-order valence-corrected chi connectivity index (χ0v) is 14.6. The van der Waals surface area contributed by atoms with Crippen molar-refractivity contribution in [2.45, 2.75) is 23.1 Å². The van der Waals surface area contributed by atoms with Crippen molar-refractivity contribution < 1.29 is 9.53 Å². The van der Waals surface area contributed by atoms with E-state index in [9.17, 15) is 4.79 Å². The minimum absolute atomic E-state index is 0.0955. The van der Waals surface area contributed by atoms with E-state index in [1.165, 1.54) is 11.8 Å². The van der Waals surface area contributed by atoms with Gasteiger partial charge in [-0.25, -0.2) is 0 Å². The molecule has 24 heavy (non-hydrogen) atoms. The first-order valence-electron chi connectivity index (χ1n) is 7.92. The summed E-state index contributed by atoms with van der Waals surface area (Å²) in [4.78, 5) is 15.6. The molecule has 7 nitrogen and oxygen atoms in total. The van der Waals surface area contributed by atoms with Gasteiger partial charge in [0.15, 0.2) is 5.16 Å². The van der Waals surface area contributed by atoms with Crippen LogP contribution in [0.1, 0.15) is 6.92 Å². The second kappa shape index (κ2) is 7.78. The minimum atomic E-state index is -0.411. The highest BCUT2D eigenvalue weighted by Crippen LogP contribution is 2.26. The van der Waals surface area contributed by atoms with Crippen LogP contribution in [0, 0.1) is 0 Å². The average Bonchev–Trinajstić information content (AvgIpc) is 3.01. The van der Waals surface area contributed by atoms with Crippen LogP contribution < -0.4 is 5.32 Å². The lowest BCUT2D eigenvalue weighted by atomic mass is 10.2. The number of hydrogen-bond acceptors (Lipinski definition) is 6. The quantitative estimate of drug-likeness (QED) is 0.886. The van der Waals surface area contributed by atoms with Crippen molar-refractivity contribution in [2.24, 2.45) is 7.05 Å². The van der Waals surface area contributed by atoms with Crippen LogP contribution in [0.3, 0.4) is 0 Å². The molecular formula is C16H21N5O2S. The van der Waals surface area contributed by atoms with Gasteiger partial charge in [0, 0.05) is 30.7 Å². The lowest BCUT2D eigenvalue weighted by molar-refractivity contribution is -0.132. The first-order valence-corrected chi connectivity index (χ1v) is 8.74. The molecule has 0 aliphatic carbocycles. The van der Waals surface area contributed by atoms with Crippen molar-refractivity contribution in [3.63, 3.8) is 0 Å². The van der Waals surface area contributed by atoms with E-state index in [-0.39, 0.29) is 5.91 Å². The molecule has 8 heteroatoms. The summed E-state index contributed by atoms with van der Waals surface area (Å²) in [5, 5.41) is 11.6. The predicted molar refractivity (Wildman–Crippen MR) is 92.1 cm³/mol. The molecule has 1 amide bonds. The van der Waals surface area contributed by atoms with Gasteiger partial charge in [0.05, 0.1) is 6.61 Å². The number of aryl methyl sites for hydroxylation is 1. The number of carbonyl (C=O) groups excluding carboxylic acids is 1. The van der Waals surface area contributed by atoms with E-state index >= 15 is 0 Å². The molecule has 128 valence electrons. The average molecular weight is 347 g/mol. The van der Waals surface area contributed by atoms with Crippen molar-refractivity contribution >= 4 is 23.4 Å². The molecule has 0 spiro atoms. The van der Waals surface area contributed by atoms with Gasteiger partial charge in [0.25, 0.3) is 5.91 Å². The molecular weight excluding hydrogens is 326 g/mol. The largest absolute Gasteiger partial charge is 0.366 e. The number of aromatic nitrogens is 3. The van der Waals surface area contributed by atoms with Crippen molar-refractivity contribution in [3.05, 3.63) is 30.6 Å². The highest BCUT2D eigenvalue weighted by atomic mass is 32.2. The van der Waals surface area contributed by atoms with E-state index in [1.54, 1.807) is 6.33 Å². The van der Waals surface area contributed by atoms with Crippen molar-refractivity contribution in [2.75, 3.05) is 31.6 Å². The molecule has 1 aliphatic rings. The first kappa shape index (κ1) is 16.9. The second-order valence-corrected chi connectivity index (χ2v) is 6.63. The third-order valence-corrected chi connectivity index (χ3v) is 4.95. The number of hydrogen-bond donors (Lipinski definition) is 1. The normalized spacial score (nSPS) is 18.5. The molecule has 1 aromatic heterocycles. The first-order chi connectivity index (χ1) is 11.7. The smallest absolute Gasteiger partial charge is 0.254 e. The Hall–Kier alpha value is -1.90. The summed E-state index contributed by atoms with van der Waals surface area (Å²) in [6, 6.07) is 7.68. The Balaban J connectivity index is 1.57. The molecule has 1 saturated heterocycles. The van der Waals surface area contributed by atoms with E-state index in [0.29, 0.717) is 13.2 Å². The number of rotatable bonds is 5. The maximum absolute atomic E-state index is 12.3. The van der Waals surface area contributed by atoms with Crippen LogP contribution in [0.2, 0.25) is 0 Å². The van der Waals surface area contributed by atoms with E-state index in [2.05, 4.69) is 27.3 Å². The Morgan fingerprint density at radius 1 is 1.42 bits per heavy atom. The number of nitrogens with one attached hydrogen (secondary N) is 1. The third-order valence-electron chi connectivity index (χ3n) is 3.89. The van der Waals surface area contributed by atoms with Crippen LogP contribution in [0.25, 0.3) is 0 Å². The Kier molecular flexibility index (Phi) is 5.49. The van der Waals surface area contributed by atoms with Gasteiger partial charge in [-0.1, -0.05) is 6.92 Å².